The molecule has 1 amide bonds. The van der Waals surface area contributed by atoms with E-state index in [0.29, 0.717) is 11.8 Å². The van der Waals surface area contributed by atoms with Gasteiger partial charge < -0.3 is 14.7 Å². The topological polar surface area (TPSA) is 49.8 Å². The van der Waals surface area contributed by atoms with Crippen LogP contribution < -0.4 is 4.74 Å². The van der Waals surface area contributed by atoms with Gasteiger partial charge in [-0.2, -0.15) is 0 Å². The average molecular weight is 249 g/mol. The first-order valence-electron chi connectivity index (χ1n) is 6.27. The Kier molecular flexibility index (Phi) is 3.75. The van der Waals surface area contributed by atoms with Gasteiger partial charge in [-0.3, -0.25) is 4.79 Å². The summed E-state index contributed by atoms with van der Waals surface area (Å²) in [6.07, 6.45) is 2.43. The smallest absolute Gasteiger partial charge is 0.227 e. The fraction of sp³-hybridized carbons (Fsp3) is 0.500. The number of ether oxygens (including phenoxy) is 1. The van der Waals surface area contributed by atoms with E-state index in [1.54, 1.807) is 25.3 Å². The largest absolute Gasteiger partial charge is 0.508 e. The van der Waals surface area contributed by atoms with E-state index in [-0.39, 0.29) is 18.1 Å². The van der Waals surface area contributed by atoms with Crippen LogP contribution in [0.25, 0.3) is 0 Å². The van der Waals surface area contributed by atoms with E-state index >= 15 is 0 Å². The first-order chi connectivity index (χ1) is 8.61. The Balaban J connectivity index is 2.13. The van der Waals surface area contributed by atoms with Crippen LogP contribution in [-0.4, -0.2) is 35.6 Å². The number of amides is 1. The zero-order valence-corrected chi connectivity index (χ0v) is 10.8. The molecular formula is C14H19NO3. The normalized spacial score (nSPS) is 19.0. The van der Waals surface area contributed by atoms with Crippen LogP contribution in [0.1, 0.15) is 25.3 Å². The summed E-state index contributed by atoms with van der Waals surface area (Å²) in [7, 11) is 1.57. The Morgan fingerprint density at radius 1 is 1.56 bits per heavy atom. The zero-order valence-electron chi connectivity index (χ0n) is 10.8. The third-order valence-electron chi connectivity index (χ3n) is 3.48. The van der Waals surface area contributed by atoms with Crippen molar-refractivity contribution in [2.45, 2.75) is 32.2 Å². The molecule has 1 atom stereocenters. The number of hydrogen-bond acceptors (Lipinski definition) is 3. The minimum atomic E-state index is 0.101. The monoisotopic (exact) mass is 249 g/mol. The second kappa shape index (κ2) is 5.29. The van der Waals surface area contributed by atoms with Crippen LogP contribution in [0.2, 0.25) is 0 Å². The lowest BCUT2D eigenvalue weighted by molar-refractivity contribution is -0.131. The quantitative estimate of drug-likeness (QED) is 0.890. The SMILES string of the molecule is COc1ccc(O)cc1CC(=O)N1CCC[C@H]1C. The predicted octanol–water partition coefficient (Wildman–Crippen LogP) is 1.95. The number of rotatable bonds is 3. The Morgan fingerprint density at radius 3 is 2.94 bits per heavy atom. The van der Waals surface area contributed by atoms with Gasteiger partial charge in [-0.15, -0.1) is 0 Å². The van der Waals surface area contributed by atoms with Crippen molar-refractivity contribution in [3.63, 3.8) is 0 Å². The Labute approximate surface area is 107 Å². The van der Waals surface area contributed by atoms with E-state index in [1.807, 2.05) is 4.90 Å². The Bertz CT molecular complexity index is 445. The van der Waals surface area contributed by atoms with E-state index in [9.17, 15) is 9.90 Å². The van der Waals surface area contributed by atoms with Gasteiger partial charge in [-0.1, -0.05) is 0 Å². The molecule has 1 aromatic carbocycles. The van der Waals surface area contributed by atoms with E-state index in [2.05, 4.69) is 6.92 Å². The van der Waals surface area contributed by atoms with Crippen molar-refractivity contribution < 1.29 is 14.6 Å². The molecule has 0 aliphatic carbocycles. The number of carbonyl (C=O) groups is 1. The molecule has 1 N–H and O–H groups in total. The first kappa shape index (κ1) is 12.7. The number of benzene rings is 1. The van der Waals surface area contributed by atoms with Crippen LogP contribution in [0.3, 0.4) is 0 Å². The average Bonchev–Trinajstić information content (AvgIpc) is 2.76. The van der Waals surface area contributed by atoms with Crippen molar-refractivity contribution in [2.24, 2.45) is 0 Å². The molecule has 0 saturated carbocycles. The minimum Gasteiger partial charge on any atom is -0.508 e. The lowest BCUT2D eigenvalue weighted by Gasteiger charge is -2.22. The molecule has 0 radical (unpaired) electrons. The maximum atomic E-state index is 12.2. The van der Waals surface area contributed by atoms with Crippen molar-refractivity contribution in [3.05, 3.63) is 23.8 Å². The number of phenols is 1. The summed E-state index contributed by atoms with van der Waals surface area (Å²) in [6, 6.07) is 5.16. The van der Waals surface area contributed by atoms with Crippen LogP contribution in [0.15, 0.2) is 18.2 Å². The molecule has 0 spiro atoms. The number of phenolic OH excluding ortho intramolecular Hbond substituents is 1. The molecule has 1 fully saturated rings. The zero-order chi connectivity index (χ0) is 13.1. The summed E-state index contributed by atoms with van der Waals surface area (Å²) in [5.41, 5.74) is 0.738. The molecule has 1 heterocycles. The summed E-state index contributed by atoms with van der Waals surface area (Å²) >= 11 is 0. The maximum Gasteiger partial charge on any atom is 0.227 e. The summed E-state index contributed by atoms with van der Waals surface area (Å²) in [6.45, 7) is 2.91. The number of methoxy groups -OCH3 is 1. The highest BCUT2D eigenvalue weighted by molar-refractivity contribution is 5.80. The van der Waals surface area contributed by atoms with Crippen LogP contribution in [0, 0.1) is 0 Å². The second-order valence-electron chi connectivity index (χ2n) is 4.75. The third-order valence-corrected chi connectivity index (χ3v) is 3.48. The third kappa shape index (κ3) is 2.58. The molecule has 4 nitrogen and oxygen atoms in total. The molecule has 1 aliphatic heterocycles. The van der Waals surface area contributed by atoms with E-state index in [4.69, 9.17) is 4.74 Å². The van der Waals surface area contributed by atoms with Gasteiger partial charge in [0.05, 0.1) is 13.5 Å². The van der Waals surface area contributed by atoms with Crippen molar-refractivity contribution in [1.29, 1.82) is 0 Å². The fourth-order valence-corrected chi connectivity index (χ4v) is 2.47. The highest BCUT2D eigenvalue weighted by Gasteiger charge is 2.25. The predicted molar refractivity (Wildman–Crippen MR) is 68.8 cm³/mol. The van der Waals surface area contributed by atoms with Gasteiger partial charge in [0.15, 0.2) is 0 Å². The van der Waals surface area contributed by atoms with Gasteiger partial charge in [0.2, 0.25) is 5.91 Å². The minimum absolute atomic E-state index is 0.101. The molecule has 98 valence electrons. The molecular weight excluding hydrogens is 230 g/mol. The van der Waals surface area contributed by atoms with E-state index in [0.717, 1.165) is 24.9 Å². The number of nitrogens with zero attached hydrogens (tertiary/aromatic N) is 1. The van der Waals surface area contributed by atoms with Crippen LogP contribution in [-0.2, 0) is 11.2 Å². The number of carbonyl (C=O) groups excluding carboxylic acids is 1. The van der Waals surface area contributed by atoms with Crippen LogP contribution in [0.5, 0.6) is 11.5 Å². The van der Waals surface area contributed by atoms with Gasteiger partial charge in [-0.05, 0) is 38.0 Å². The van der Waals surface area contributed by atoms with Gasteiger partial charge in [0.1, 0.15) is 11.5 Å². The Morgan fingerprint density at radius 2 is 2.33 bits per heavy atom. The van der Waals surface area contributed by atoms with Crippen LogP contribution >= 0.6 is 0 Å². The van der Waals surface area contributed by atoms with Crippen molar-refractivity contribution in [3.8, 4) is 11.5 Å². The standard InChI is InChI=1S/C14H19NO3/c1-10-4-3-7-15(10)14(17)9-11-8-12(16)5-6-13(11)18-2/h5-6,8,10,16H,3-4,7,9H2,1-2H3/t10-/m1/s1. The Hall–Kier alpha value is -1.71. The summed E-state index contributed by atoms with van der Waals surface area (Å²) < 4.78 is 5.21. The summed E-state index contributed by atoms with van der Waals surface area (Å²) in [5.74, 6) is 0.907. The number of likely N-dealkylation sites (tertiary alicyclic amines) is 1. The van der Waals surface area contributed by atoms with Gasteiger partial charge >= 0.3 is 0 Å². The fourth-order valence-electron chi connectivity index (χ4n) is 2.47. The lowest BCUT2D eigenvalue weighted by atomic mass is 10.1. The van der Waals surface area contributed by atoms with Crippen molar-refractivity contribution in [1.82, 2.24) is 4.90 Å². The second-order valence-corrected chi connectivity index (χ2v) is 4.75. The molecule has 1 saturated heterocycles. The van der Waals surface area contributed by atoms with Crippen molar-refractivity contribution in [2.75, 3.05) is 13.7 Å². The molecule has 2 rings (SSSR count). The lowest BCUT2D eigenvalue weighted by Crippen LogP contribution is -2.34. The molecule has 1 aliphatic rings. The molecule has 18 heavy (non-hydrogen) atoms. The number of aromatic hydroxyl groups is 1. The molecule has 0 unspecified atom stereocenters. The number of hydrogen-bond donors (Lipinski definition) is 1. The highest BCUT2D eigenvalue weighted by Crippen LogP contribution is 2.25. The van der Waals surface area contributed by atoms with Crippen molar-refractivity contribution >= 4 is 5.91 Å². The summed E-state index contributed by atoms with van der Waals surface area (Å²) in [5, 5.41) is 9.48. The van der Waals surface area contributed by atoms with Gasteiger partial charge in [0, 0.05) is 18.2 Å². The van der Waals surface area contributed by atoms with Crippen LogP contribution in [0.4, 0.5) is 0 Å². The van der Waals surface area contributed by atoms with E-state index < -0.39 is 0 Å². The highest BCUT2D eigenvalue weighted by atomic mass is 16.5. The molecule has 0 aromatic heterocycles. The molecule has 1 aromatic rings. The maximum absolute atomic E-state index is 12.2. The first-order valence-corrected chi connectivity index (χ1v) is 6.27. The van der Waals surface area contributed by atoms with Gasteiger partial charge in [-0.25, -0.2) is 0 Å². The van der Waals surface area contributed by atoms with E-state index in [1.165, 1.54) is 0 Å². The molecule has 4 heteroatoms. The van der Waals surface area contributed by atoms with Gasteiger partial charge in [0.25, 0.3) is 0 Å². The summed E-state index contributed by atoms with van der Waals surface area (Å²) in [4.78, 5) is 14.1. The molecule has 0 bridgehead atoms.